The van der Waals surface area contributed by atoms with Crippen LogP contribution >= 0.6 is 0 Å². The van der Waals surface area contributed by atoms with Crippen LogP contribution in [0.1, 0.15) is 25.0 Å². The number of hydrogen-bond donors (Lipinski definition) is 0. The van der Waals surface area contributed by atoms with Gasteiger partial charge in [0, 0.05) is 25.2 Å². The van der Waals surface area contributed by atoms with Gasteiger partial charge in [-0.15, -0.1) is 0 Å². The molecule has 4 heteroatoms. The molecule has 0 saturated carbocycles. The lowest BCUT2D eigenvalue weighted by atomic mass is 9.95. The van der Waals surface area contributed by atoms with Gasteiger partial charge >= 0.3 is 0 Å². The maximum Gasteiger partial charge on any atom is 0.228 e. The highest BCUT2D eigenvalue weighted by atomic mass is 16.2. The van der Waals surface area contributed by atoms with E-state index in [1.54, 1.807) is 0 Å². The van der Waals surface area contributed by atoms with Crippen LogP contribution in [0.25, 0.3) is 0 Å². The van der Waals surface area contributed by atoms with Crippen molar-refractivity contribution in [2.45, 2.75) is 26.2 Å². The Morgan fingerprint density at radius 3 is 2.89 bits per heavy atom. The van der Waals surface area contributed by atoms with Crippen molar-refractivity contribution in [1.29, 1.82) is 0 Å². The lowest BCUT2D eigenvalue weighted by Gasteiger charge is -2.38. The highest BCUT2D eigenvalue weighted by Crippen LogP contribution is 2.24. The second kappa shape index (κ2) is 5.29. The van der Waals surface area contributed by atoms with E-state index in [-0.39, 0.29) is 5.91 Å². The molecule has 19 heavy (non-hydrogen) atoms. The number of likely N-dealkylation sites (tertiary alicyclic amines) is 1. The van der Waals surface area contributed by atoms with Gasteiger partial charge in [-0.05, 0) is 50.9 Å². The SMILES string of the molecule is Cc1cccc(N2C[C@H](CN3CCC3)CCC2=O)n1. The van der Waals surface area contributed by atoms with Crippen molar-refractivity contribution in [2.75, 3.05) is 31.1 Å². The molecular weight excluding hydrogens is 238 g/mol. The molecule has 0 spiro atoms. The number of aryl methyl sites for hydroxylation is 1. The first-order chi connectivity index (χ1) is 9.22. The molecule has 2 fully saturated rings. The number of pyridine rings is 1. The topological polar surface area (TPSA) is 36.4 Å². The number of carbonyl (C=O) groups is 1. The van der Waals surface area contributed by atoms with Gasteiger partial charge in [0.15, 0.2) is 0 Å². The van der Waals surface area contributed by atoms with E-state index in [9.17, 15) is 4.79 Å². The van der Waals surface area contributed by atoms with E-state index in [1.165, 1.54) is 19.5 Å². The number of rotatable bonds is 3. The van der Waals surface area contributed by atoms with Crippen LogP contribution in [-0.2, 0) is 4.79 Å². The molecule has 102 valence electrons. The minimum atomic E-state index is 0.220. The predicted molar refractivity (Wildman–Crippen MR) is 75.1 cm³/mol. The Bertz CT molecular complexity index is 470. The maximum atomic E-state index is 12.1. The third kappa shape index (κ3) is 2.78. The lowest BCUT2D eigenvalue weighted by molar-refractivity contribution is -0.120. The quantitative estimate of drug-likeness (QED) is 0.831. The summed E-state index contributed by atoms with van der Waals surface area (Å²) in [6.45, 7) is 6.39. The Morgan fingerprint density at radius 2 is 2.21 bits per heavy atom. The van der Waals surface area contributed by atoms with E-state index < -0.39 is 0 Å². The van der Waals surface area contributed by atoms with E-state index in [1.807, 2.05) is 30.0 Å². The number of amides is 1. The zero-order chi connectivity index (χ0) is 13.2. The van der Waals surface area contributed by atoms with Gasteiger partial charge in [-0.25, -0.2) is 4.98 Å². The molecule has 3 heterocycles. The number of piperidine rings is 1. The zero-order valence-electron chi connectivity index (χ0n) is 11.5. The first kappa shape index (κ1) is 12.6. The fourth-order valence-electron chi connectivity index (χ4n) is 2.89. The Morgan fingerprint density at radius 1 is 1.37 bits per heavy atom. The molecular formula is C15H21N3O. The third-order valence-electron chi connectivity index (χ3n) is 4.12. The second-order valence-corrected chi connectivity index (χ2v) is 5.70. The summed E-state index contributed by atoms with van der Waals surface area (Å²) in [5, 5.41) is 0. The van der Waals surface area contributed by atoms with Crippen molar-refractivity contribution in [2.24, 2.45) is 5.92 Å². The van der Waals surface area contributed by atoms with Crippen molar-refractivity contribution in [3.05, 3.63) is 23.9 Å². The first-order valence-corrected chi connectivity index (χ1v) is 7.19. The van der Waals surface area contributed by atoms with Gasteiger partial charge in [-0.2, -0.15) is 0 Å². The summed E-state index contributed by atoms with van der Waals surface area (Å²) in [5.41, 5.74) is 0.968. The fraction of sp³-hybridized carbons (Fsp3) is 0.600. The van der Waals surface area contributed by atoms with Crippen LogP contribution in [0.5, 0.6) is 0 Å². The van der Waals surface area contributed by atoms with E-state index >= 15 is 0 Å². The Labute approximate surface area is 114 Å². The molecule has 2 saturated heterocycles. The largest absolute Gasteiger partial charge is 0.303 e. The normalized spacial score (nSPS) is 24.4. The molecule has 2 aliphatic rings. The molecule has 0 unspecified atom stereocenters. The Balaban J connectivity index is 1.69. The molecule has 4 nitrogen and oxygen atoms in total. The first-order valence-electron chi connectivity index (χ1n) is 7.19. The number of aromatic nitrogens is 1. The van der Waals surface area contributed by atoms with Gasteiger partial charge in [-0.3, -0.25) is 9.69 Å². The highest BCUT2D eigenvalue weighted by molar-refractivity contribution is 5.93. The predicted octanol–water partition coefficient (Wildman–Crippen LogP) is 1.84. The van der Waals surface area contributed by atoms with E-state index in [0.717, 1.165) is 31.0 Å². The van der Waals surface area contributed by atoms with Gasteiger partial charge in [-0.1, -0.05) is 6.07 Å². The minimum absolute atomic E-state index is 0.220. The van der Waals surface area contributed by atoms with Crippen LogP contribution in [0.2, 0.25) is 0 Å². The standard InChI is InChI=1S/C15H21N3O/c1-12-4-2-5-14(16-12)18-11-13(6-7-15(18)19)10-17-8-3-9-17/h2,4-5,13H,3,6-11H2,1H3/t13-/m0/s1. The summed E-state index contributed by atoms with van der Waals surface area (Å²) < 4.78 is 0. The van der Waals surface area contributed by atoms with Crippen LogP contribution in [0.4, 0.5) is 5.82 Å². The van der Waals surface area contributed by atoms with Crippen LogP contribution in [0, 0.1) is 12.8 Å². The van der Waals surface area contributed by atoms with Crippen LogP contribution in [0.3, 0.4) is 0 Å². The fourth-order valence-corrected chi connectivity index (χ4v) is 2.89. The van der Waals surface area contributed by atoms with Gasteiger partial charge in [0.1, 0.15) is 5.82 Å². The average molecular weight is 259 g/mol. The van der Waals surface area contributed by atoms with E-state index in [4.69, 9.17) is 0 Å². The van der Waals surface area contributed by atoms with Crippen molar-refractivity contribution >= 4 is 11.7 Å². The summed E-state index contributed by atoms with van der Waals surface area (Å²) in [4.78, 5) is 20.9. The van der Waals surface area contributed by atoms with Gasteiger partial charge in [0.2, 0.25) is 5.91 Å². The molecule has 1 aromatic rings. The van der Waals surface area contributed by atoms with Gasteiger partial charge in [0.25, 0.3) is 0 Å². The molecule has 0 aromatic carbocycles. The lowest BCUT2D eigenvalue weighted by Crippen LogP contribution is -2.47. The van der Waals surface area contributed by atoms with Crippen molar-refractivity contribution in [1.82, 2.24) is 9.88 Å². The smallest absolute Gasteiger partial charge is 0.228 e. The maximum absolute atomic E-state index is 12.1. The monoisotopic (exact) mass is 259 g/mol. The van der Waals surface area contributed by atoms with Crippen LogP contribution in [0.15, 0.2) is 18.2 Å². The third-order valence-corrected chi connectivity index (χ3v) is 4.12. The number of hydrogen-bond acceptors (Lipinski definition) is 3. The molecule has 1 atom stereocenters. The number of anilines is 1. The molecule has 1 amide bonds. The molecule has 3 rings (SSSR count). The molecule has 0 radical (unpaired) electrons. The van der Waals surface area contributed by atoms with Crippen molar-refractivity contribution in [3.63, 3.8) is 0 Å². The summed E-state index contributed by atoms with van der Waals surface area (Å²) in [5.74, 6) is 1.64. The van der Waals surface area contributed by atoms with Gasteiger partial charge in [0.05, 0.1) is 0 Å². The summed E-state index contributed by atoms with van der Waals surface area (Å²) >= 11 is 0. The Hall–Kier alpha value is -1.42. The number of nitrogens with zero attached hydrogens (tertiary/aromatic N) is 3. The van der Waals surface area contributed by atoms with E-state index in [2.05, 4.69) is 9.88 Å². The Kier molecular flexibility index (Phi) is 3.51. The summed E-state index contributed by atoms with van der Waals surface area (Å²) in [6.07, 6.45) is 3.01. The second-order valence-electron chi connectivity index (χ2n) is 5.70. The molecule has 1 aromatic heterocycles. The minimum Gasteiger partial charge on any atom is -0.303 e. The molecule has 0 aliphatic carbocycles. The summed E-state index contributed by atoms with van der Waals surface area (Å²) in [7, 11) is 0. The van der Waals surface area contributed by atoms with Gasteiger partial charge < -0.3 is 4.90 Å². The zero-order valence-corrected chi connectivity index (χ0v) is 11.5. The molecule has 0 N–H and O–H groups in total. The van der Waals surface area contributed by atoms with Crippen LogP contribution in [-0.4, -0.2) is 42.0 Å². The average Bonchev–Trinajstić information content (AvgIpc) is 2.35. The highest BCUT2D eigenvalue weighted by Gasteiger charge is 2.29. The van der Waals surface area contributed by atoms with Crippen LogP contribution < -0.4 is 4.90 Å². The van der Waals surface area contributed by atoms with E-state index in [0.29, 0.717) is 12.3 Å². The molecule has 0 bridgehead atoms. The molecule has 2 aliphatic heterocycles. The summed E-state index contributed by atoms with van der Waals surface area (Å²) in [6, 6.07) is 5.89. The van der Waals surface area contributed by atoms with Crippen molar-refractivity contribution in [3.8, 4) is 0 Å². The number of carbonyl (C=O) groups excluding carboxylic acids is 1. The van der Waals surface area contributed by atoms with Crippen molar-refractivity contribution < 1.29 is 4.79 Å².